The van der Waals surface area contributed by atoms with Gasteiger partial charge in [-0.25, -0.2) is 0 Å². The van der Waals surface area contributed by atoms with Gasteiger partial charge in [-0.15, -0.1) is 0 Å². The molecule has 36 heavy (non-hydrogen) atoms. The molecule has 184 valence electrons. The third-order valence-electron chi connectivity index (χ3n) is 5.25. The zero-order valence-corrected chi connectivity index (χ0v) is 23.2. The predicted molar refractivity (Wildman–Crippen MR) is 155 cm³/mol. The summed E-state index contributed by atoms with van der Waals surface area (Å²) in [5.74, 6) is 0.951. The number of nitro benzene ring substituents is 1. The molecule has 0 aromatic heterocycles. The topological polar surface area (TPSA) is 81.9 Å². The van der Waals surface area contributed by atoms with E-state index in [1.807, 2.05) is 50.2 Å². The van der Waals surface area contributed by atoms with Crippen LogP contribution < -0.4 is 14.4 Å². The fourth-order valence-corrected chi connectivity index (χ4v) is 5.56. The van der Waals surface area contributed by atoms with Crippen molar-refractivity contribution in [2.24, 2.45) is 0 Å². The SMILES string of the molecule is CCOc1cc(/C=C2\SC(=S)N(c3ccc(C)cc3)C2=O)cc(I)c1OCc1ccc([N+](=O)[O-])cc1. The summed E-state index contributed by atoms with van der Waals surface area (Å²) in [5.41, 5.74) is 3.46. The van der Waals surface area contributed by atoms with E-state index in [-0.39, 0.29) is 18.2 Å². The molecule has 4 rings (SSSR count). The first-order chi connectivity index (χ1) is 17.3. The molecular formula is C26H21IN2O5S2. The molecule has 1 saturated heterocycles. The van der Waals surface area contributed by atoms with Gasteiger partial charge in [0.05, 0.1) is 25.7 Å². The number of hydrogen-bond donors (Lipinski definition) is 0. The van der Waals surface area contributed by atoms with Crippen LogP contribution in [0.15, 0.2) is 65.6 Å². The highest BCUT2D eigenvalue weighted by Gasteiger charge is 2.33. The highest BCUT2D eigenvalue weighted by atomic mass is 127. The van der Waals surface area contributed by atoms with Crippen LogP contribution in [0.4, 0.5) is 11.4 Å². The van der Waals surface area contributed by atoms with Crippen molar-refractivity contribution in [3.63, 3.8) is 0 Å². The summed E-state index contributed by atoms with van der Waals surface area (Å²) in [6.07, 6.45) is 1.80. The molecule has 0 saturated carbocycles. The Hall–Kier alpha value is -2.96. The van der Waals surface area contributed by atoms with E-state index in [9.17, 15) is 14.9 Å². The molecule has 10 heteroatoms. The van der Waals surface area contributed by atoms with E-state index in [0.29, 0.717) is 27.3 Å². The first-order valence-electron chi connectivity index (χ1n) is 10.9. The number of carbonyl (C=O) groups is 1. The number of rotatable bonds is 8. The Labute approximate surface area is 231 Å². The van der Waals surface area contributed by atoms with Gasteiger partial charge in [0, 0.05) is 12.1 Å². The minimum atomic E-state index is -0.436. The zero-order chi connectivity index (χ0) is 25.8. The van der Waals surface area contributed by atoms with Crippen molar-refractivity contribution in [2.75, 3.05) is 11.5 Å². The highest BCUT2D eigenvalue weighted by Crippen LogP contribution is 2.39. The third kappa shape index (κ3) is 5.88. The Morgan fingerprint density at radius 1 is 1.11 bits per heavy atom. The van der Waals surface area contributed by atoms with Gasteiger partial charge >= 0.3 is 0 Å². The van der Waals surface area contributed by atoms with Gasteiger partial charge in [0.1, 0.15) is 6.61 Å². The van der Waals surface area contributed by atoms with E-state index in [2.05, 4.69) is 22.6 Å². The summed E-state index contributed by atoms with van der Waals surface area (Å²) in [4.78, 5) is 25.6. The van der Waals surface area contributed by atoms with Crippen LogP contribution in [-0.4, -0.2) is 21.8 Å². The smallest absolute Gasteiger partial charge is 0.270 e. The maximum absolute atomic E-state index is 13.1. The second-order valence-electron chi connectivity index (χ2n) is 7.83. The summed E-state index contributed by atoms with van der Waals surface area (Å²) < 4.78 is 13.2. The number of thioether (sulfide) groups is 1. The van der Waals surface area contributed by atoms with Crippen molar-refractivity contribution in [1.29, 1.82) is 0 Å². The van der Waals surface area contributed by atoms with Crippen LogP contribution in [0.5, 0.6) is 11.5 Å². The fraction of sp³-hybridized carbons (Fsp3) is 0.154. The summed E-state index contributed by atoms with van der Waals surface area (Å²) in [5, 5.41) is 10.9. The molecule has 0 atom stereocenters. The molecule has 1 aliphatic heterocycles. The lowest BCUT2D eigenvalue weighted by atomic mass is 10.1. The van der Waals surface area contributed by atoms with Crippen molar-refractivity contribution in [1.82, 2.24) is 0 Å². The van der Waals surface area contributed by atoms with Crippen LogP contribution in [-0.2, 0) is 11.4 Å². The largest absolute Gasteiger partial charge is 0.490 e. The molecule has 3 aromatic carbocycles. The molecule has 3 aromatic rings. The van der Waals surface area contributed by atoms with E-state index in [1.165, 1.54) is 23.9 Å². The highest BCUT2D eigenvalue weighted by molar-refractivity contribution is 14.1. The number of nitro groups is 1. The molecule has 7 nitrogen and oxygen atoms in total. The minimum absolute atomic E-state index is 0.0282. The number of nitrogens with zero attached hydrogens (tertiary/aromatic N) is 2. The monoisotopic (exact) mass is 632 g/mol. The quantitative estimate of drug-likeness (QED) is 0.0880. The maximum Gasteiger partial charge on any atom is 0.270 e. The molecule has 0 unspecified atom stereocenters. The van der Waals surface area contributed by atoms with Crippen LogP contribution in [0.2, 0.25) is 0 Å². The van der Waals surface area contributed by atoms with Gasteiger partial charge in [0.25, 0.3) is 11.6 Å². The van der Waals surface area contributed by atoms with Gasteiger partial charge in [-0.1, -0.05) is 41.7 Å². The van der Waals surface area contributed by atoms with Crippen LogP contribution >= 0.6 is 46.6 Å². The predicted octanol–water partition coefficient (Wildman–Crippen LogP) is 6.89. The Balaban J connectivity index is 1.57. The molecule has 1 heterocycles. The molecule has 1 aliphatic rings. The summed E-state index contributed by atoms with van der Waals surface area (Å²) in [6.45, 7) is 4.53. The normalized spacial score (nSPS) is 14.4. The Kier molecular flexibility index (Phi) is 8.27. The molecule has 0 radical (unpaired) electrons. The number of halogens is 1. The lowest BCUT2D eigenvalue weighted by Crippen LogP contribution is -2.27. The summed E-state index contributed by atoms with van der Waals surface area (Å²) >= 11 is 8.92. The second-order valence-corrected chi connectivity index (χ2v) is 10.7. The van der Waals surface area contributed by atoms with E-state index in [4.69, 9.17) is 21.7 Å². The van der Waals surface area contributed by atoms with Crippen LogP contribution in [0.1, 0.15) is 23.6 Å². The van der Waals surface area contributed by atoms with Gasteiger partial charge in [-0.05, 0) is 90.0 Å². The molecule has 1 amide bonds. The summed E-state index contributed by atoms with van der Waals surface area (Å²) in [7, 11) is 0. The van der Waals surface area contributed by atoms with Crippen molar-refractivity contribution in [3.05, 3.63) is 95.9 Å². The number of anilines is 1. The average molecular weight is 633 g/mol. The molecule has 0 spiro atoms. The molecule has 0 N–H and O–H groups in total. The number of benzene rings is 3. The number of carbonyl (C=O) groups excluding carboxylic acids is 1. The van der Waals surface area contributed by atoms with Crippen LogP contribution in [0.3, 0.4) is 0 Å². The number of hydrogen-bond acceptors (Lipinski definition) is 7. The zero-order valence-electron chi connectivity index (χ0n) is 19.4. The number of ether oxygens (including phenoxy) is 2. The molecular weight excluding hydrogens is 611 g/mol. The average Bonchev–Trinajstić information content (AvgIpc) is 3.12. The Morgan fingerprint density at radius 3 is 2.44 bits per heavy atom. The summed E-state index contributed by atoms with van der Waals surface area (Å²) in [6, 6.07) is 17.6. The van der Waals surface area contributed by atoms with Crippen molar-refractivity contribution < 1.29 is 19.2 Å². The Morgan fingerprint density at radius 2 is 1.81 bits per heavy atom. The molecule has 0 aliphatic carbocycles. The van der Waals surface area contributed by atoms with Crippen LogP contribution in [0, 0.1) is 20.6 Å². The lowest BCUT2D eigenvalue weighted by molar-refractivity contribution is -0.384. The fourth-order valence-electron chi connectivity index (χ4n) is 3.48. The van der Waals surface area contributed by atoms with Gasteiger partial charge in [0.2, 0.25) is 0 Å². The first-order valence-corrected chi connectivity index (χ1v) is 13.2. The standard InChI is InChI=1S/C26H21IN2O5S2/c1-3-33-22-13-18(12-21(27)24(22)34-15-17-6-10-20(11-7-17)29(31)32)14-23-25(30)28(26(35)36-23)19-8-4-16(2)5-9-19/h4-14H,3,15H2,1-2H3/b23-14-. The van der Waals surface area contributed by atoms with Crippen molar-refractivity contribution in [2.45, 2.75) is 20.5 Å². The Bertz CT molecular complexity index is 1360. The van der Waals surface area contributed by atoms with E-state index >= 15 is 0 Å². The van der Waals surface area contributed by atoms with Gasteiger partial charge in [-0.3, -0.25) is 19.8 Å². The van der Waals surface area contributed by atoms with E-state index < -0.39 is 4.92 Å². The third-order valence-corrected chi connectivity index (χ3v) is 7.35. The van der Waals surface area contributed by atoms with Gasteiger partial charge in [0.15, 0.2) is 15.8 Å². The van der Waals surface area contributed by atoms with Gasteiger partial charge < -0.3 is 9.47 Å². The first kappa shape index (κ1) is 26.1. The van der Waals surface area contributed by atoms with Crippen molar-refractivity contribution in [3.8, 4) is 11.5 Å². The maximum atomic E-state index is 13.1. The number of thiocarbonyl (C=S) groups is 1. The number of amides is 1. The number of non-ortho nitro benzene ring substituents is 1. The number of aryl methyl sites for hydroxylation is 1. The molecule has 0 bridgehead atoms. The van der Waals surface area contributed by atoms with Crippen molar-refractivity contribution >= 4 is 74.2 Å². The second kappa shape index (κ2) is 11.4. The van der Waals surface area contributed by atoms with Gasteiger partial charge in [-0.2, -0.15) is 0 Å². The van der Waals surface area contributed by atoms with E-state index in [0.717, 1.165) is 25.9 Å². The van der Waals surface area contributed by atoms with E-state index in [1.54, 1.807) is 23.1 Å². The van der Waals surface area contributed by atoms with Crippen LogP contribution in [0.25, 0.3) is 6.08 Å². The molecule has 1 fully saturated rings. The minimum Gasteiger partial charge on any atom is -0.490 e. The lowest BCUT2D eigenvalue weighted by Gasteiger charge is -2.15.